The van der Waals surface area contributed by atoms with Gasteiger partial charge in [0.05, 0.1) is 81.1 Å². The molecular weight excluding hydrogens is 923 g/mol. The maximum Gasteiger partial charge on any atom is 0.420 e. The topological polar surface area (TPSA) is 170 Å². The molecule has 360 valence electrons. The number of likely N-dealkylation sites (tertiary alicyclic amines) is 1. The summed E-state index contributed by atoms with van der Waals surface area (Å²) in [6.07, 6.45) is 1.54. The lowest BCUT2D eigenvalue weighted by Crippen LogP contribution is -2.55. The molecule has 2 aromatic carbocycles. The van der Waals surface area contributed by atoms with Gasteiger partial charge in [-0.15, -0.1) is 11.3 Å². The van der Waals surface area contributed by atoms with Crippen LogP contribution in [-0.4, -0.2) is 93.0 Å². The van der Waals surface area contributed by atoms with E-state index in [1.165, 1.54) is 49.4 Å². The summed E-state index contributed by atoms with van der Waals surface area (Å²) in [6, 6.07) is 12.8. The van der Waals surface area contributed by atoms with Gasteiger partial charge in [-0.05, 0) is 113 Å². The van der Waals surface area contributed by atoms with Gasteiger partial charge in [0, 0.05) is 25.8 Å². The molecule has 14 nitrogen and oxygen atoms in total. The number of nitrogens with one attached hydrogen (secondary N) is 2. The number of amides is 2. The van der Waals surface area contributed by atoms with Crippen LogP contribution in [0.15, 0.2) is 66.4 Å². The Hall–Kier alpha value is -6.30. The number of H-pyrrole nitrogens is 1. The Morgan fingerprint density at radius 1 is 1.04 bits per heavy atom. The number of aryl methyl sites for hydroxylation is 1. The van der Waals surface area contributed by atoms with Gasteiger partial charge in [0.2, 0.25) is 11.8 Å². The number of carbonyl (C=O) groups excluding carboxylic acids is 3. The molecule has 1 unspecified atom stereocenters. The van der Waals surface area contributed by atoms with Crippen LogP contribution in [0, 0.1) is 29.5 Å². The Kier molecular flexibility index (Phi) is 16.0. The van der Waals surface area contributed by atoms with Crippen molar-refractivity contribution in [2.45, 2.75) is 91.0 Å². The van der Waals surface area contributed by atoms with Gasteiger partial charge in [-0.3, -0.25) is 14.6 Å². The summed E-state index contributed by atoms with van der Waals surface area (Å²) in [5, 5.41) is 11.9. The maximum atomic E-state index is 15.4. The Morgan fingerprint density at radius 2 is 1.76 bits per heavy atom. The van der Waals surface area contributed by atoms with E-state index in [2.05, 4.69) is 25.3 Å². The van der Waals surface area contributed by atoms with Crippen molar-refractivity contribution in [3.8, 4) is 33.6 Å². The molecule has 1 saturated heterocycles. The molecule has 0 saturated carbocycles. The van der Waals surface area contributed by atoms with Crippen LogP contribution in [0.1, 0.15) is 89.0 Å². The van der Waals surface area contributed by atoms with Crippen molar-refractivity contribution >= 4 is 58.1 Å². The van der Waals surface area contributed by atoms with E-state index in [0.717, 1.165) is 51.7 Å². The summed E-state index contributed by atoms with van der Waals surface area (Å²) in [5.41, 5.74) is 0.153. The number of aromatic nitrogens is 4. The van der Waals surface area contributed by atoms with Crippen LogP contribution in [0.3, 0.4) is 0 Å². The van der Waals surface area contributed by atoms with Crippen LogP contribution in [0.25, 0.3) is 21.8 Å². The lowest BCUT2D eigenvalue weighted by Gasteiger charge is -2.39. The second kappa shape index (κ2) is 21.3. The van der Waals surface area contributed by atoms with Crippen LogP contribution >= 0.6 is 23.6 Å². The SMILES string of the molecule is Cc1ncsc1-c1cnc([C@@H]2CCCN2C(=O)C(NC(=O)COCCCCOc2ccc(-c3ccc(N(C(=S)N(C)c4ccc(C#N)c(C(F)(F)F)c4F)C(C)(C)C=O)cn3)cc2)C(C)(C)C)[nH]1. The first kappa shape index (κ1) is 51.1. The van der Waals surface area contributed by atoms with Crippen LogP contribution in [0.4, 0.5) is 28.9 Å². The number of rotatable bonds is 17. The second-order valence-electron chi connectivity index (χ2n) is 17.9. The van der Waals surface area contributed by atoms with Gasteiger partial charge in [-0.25, -0.2) is 14.4 Å². The highest BCUT2D eigenvalue weighted by Gasteiger charge is 2.42. The van der Waals surface area contributed by atoms with E-state index >= 15 is 4.39 Å². The molecule has 2 N–H and O–H groups in total. The number of alkyl halides is 3. The molecular formula is C48H53F4N9O5S2. The molecule has 1 fully saturated rings. The normalized spacial score (nSPS) is 14.6. The lowest BCUT2D eigenvalue weighted by molar-refractivity contribution is -0.141. The molecule has 2 amide bonds. The number of anilines is 2. The highest BCUT2D eigenvalue weighted by atomic mass is 32.1. The summed E-state index contributed by atoms with van der Waals surface area (Å²) in [5.74, 6) is -0.886. The Labute approximate surface area is 401 Å². The number of benzene rings is 2. The van der Waals surface area contributed by atoms with Crippen LogP contribution in [0.2, 0.25) is 0 Å². The number of aldehydes is 1. The molecule has 0 spiro atoms. The number of unbranched alkanes of at least 4 members (excludes halogenated alkanes) is 1. The van der Waals surface area contributed by atoms with Crippen molar-refractivity contribution in [3.05, 3.63) is 94.9 Å². The maximum absolute atomic E-state index is 15.4. The van der Waals surface area contributed by atoms with Crippen molar-refractivity contribution in [1.82, 2.24) is 30.2 Å². The number of halogens is 4. The third kappa shape index (κ3) is 11.7. The molecule has 2 atom stereocenters. The number of nitrogens with zero attached hydrogens (tertiary/aromatic N) is 7. The van der Waals surface area contributed by atoms with Gasteiger partial charge in [0.15, 0.2) is 10.9 Å². The number of ether oxygens (including phenoxy) is 2. The van der Waals surface area contributed by atoms with Gasteiger partial charge >= 0.3 is 6.18 Å². The minimum absolute atomic E-state index is 0.161. The lowest BCUT2D eigenvalue weighted by atomic mass is 9.85. The first-order chi connectivity index (χ1) is 32.2. The number of thiocarbonyl (C=S) groups is 1. The fourth-order valence-electron chi connectivity index (χ4n) is 7.78. The Bertz CT molecular complexity index is 2640. The summed E-state index contributed by atoms with van der Waals surface area (Å²) in [4.78, 5) is 61.4. The van der Waals surface area contributed by atoms with Crippen molar-refractivity contribution in [2.75, 3.05) is 43.2 Å². The summed E-state index contributed by atoms with van der Waals surface area (Å²) >= 11 is 7.15. The Balaban J connectivity index is 0.969. The molecule has 0 radical (unpaired) electrons. The second-order valence-corrected chi connectivity index (χ2v) is 19.1. The smallest absolute Gasteiger partial charge is 0.420 e. The molecule has 0 bridgehead atoms. The van der Waals surface area contributed by atoms with Gasteiger partial charge in [0.25, 0.3) is 0 Å². The third-order valence-electron chi connectivity index (χ3n) is 11.4. The molecule has 20 heteroatoms. The van der Waals surface area contributed by atoms with E-state index in [9.17, 15) is 32.8 Å². The van der Waals surface area contributed by atoms with Gasteiger partial charge in [0.1, 0.15) is 36.1 Å². The van der Waals surface area contributed by atoms with E-state index in [1.807, 2.05) is 44.7 Å². The number of carbonyl (C=O) groups is 3. The summed E-state index contributed by atoms with van der Waals surface area (Å²) in [7, 11) is 1.27. The van der Waals surface area contributed by atoms with Crippen LogP contribution in [-0.2, 0) is 25.3 Å². The monoisotopic (exact) mass is 975 g/mol. The number of aromatic amines is 1. The molecule has 6 rings (SSSR count). The molecule has 0 aliphatic carbocycles. The molecule has 1 aliphatic rings. The molecule has 5 aromatic rings. The molecule has 68 heavy (non-hydrogen) atoms. The molecule has 1 aliphatic heterocycles. The van der Waals surface area contributed by atoms with Crippen molar-refractivity contribution in [3.63, 3.8) is 0 Å². The number of imidazole rings is 1. The highest BCUT2D eigenvalue weighted by Crippen LogP contribution is 2.39. The zero-order valence-electron chi connectivity index (χ0n) is 38.7. The highest BCUT2D eigenvalue weighted by molar-refractivity contribution is 7.80. The first-order valence-corrected chi connectivity index (χ1v) is 23.1. The van der Waals surface area contributed by atoms with E-state index in [-0.39, 0.29) is 29.6 Å². The standard InChI is InChI=1S/C48H53F4N9O5S2/c1-29-41(68-28-56-29)35-25-55-43(57-35)37-11-10-20-60(37)44(64)42(46(2,3)4)58-38(63)26-65-21-8-9-22-66-33-16-12-30(13-17-33)34-18-15-32(24-54-34)61(47(5,6)27-62)45(67)59(7)36-19-14-31(23-53)39(40(36)49)48(50,51)52/h12-19,24-25,27-28,37,42H,8-11,20-22,26H2,1-7H3,(H,55,57)(H,58,63)/t37-,42?/m0/s1. The van der Waals surface area contributed by atoms with Crippen LogP contribution < -0.4 is 19.9 Å². The Morgan fingerprint density at radius 3 is 2.38 bits per heavy atom. The fraction of sp³-hybridized carbons (Fsp3) is 0.417. The minimum Gasteiger partial charge on any atom is -0.494 e. The van der Waals surface area contributed by atoms with Crippen molar-refractivity contribution < 1.29 is 41.4 Å². The number of pyridine rings is 1. The third-order valence-corrected chi connectivity index (χ3v) is 12.8. The number of hydrogen-bond acceptors (Lipinski definition) is 11. The van der Waals surface area contributed by atoms with E-state index in [0.29, 0.717) is 61.8 Å². The van der Waals surface area contributed by atoms with Crippen molar-refractivity contribution in [2.24, 2.45) is 5.41 Å². The number of hydrogen-bond donors (Lipinski definition) is 2. The average Bonchev–Trinajstić information content (AvgIpc) is 4.08. The van der Waals surface area contributed by atoms with Gasteiger partial charge in [-0.1, -0.05) is 20.8 Å². The zero-order chi connectivity index (χ0) is 49.6. The zero-order valence-corrected chi connectivity index (χ0v) is 40.4. The summed E-state index contributed by atoms with van der Waals surface area (Å²) in [6.45, 7) is 11.9. The quantitative estimate of drug-likeness (QED) is 0.0393. The fourth-order valence-corrected chi connectivity index (χ4v) is 8.98. The largest absolute Gasteiger partial charge is 0.494 e. The summed E-state index contributed by atoms with van der Waals surface area (Å²) < 4.78 is 68.2. The number of nitriles is 1. The predicted molar refractivity (Wildman–Crippen MR) is 254 cm³/mol. The minimum atomic E-state index is -5.14. The number of thiazole rings is 1. The van der Waals surface area contributed by atoms with Crippen LogP contribution in [0.5, 0.6) is 5.75 Å². The van der Waals surface area contributed by atoms with E-state index < -0.39 is 45.8 Å². The van der Waals surface area contributed by atoms with Crippen molar-refractivity contribution in [1.29, 1.82) is 5.26 Å². The molecule has 3 aromatic heterocycles. The average molecular weight is 976 g/mol. The molecule has 4 heterocycles. The predicted octanol–water partition coefficient (Wildman–Crippen LogP) is 9.21. The van der Waals surface area contributed by atoms with E-state index in [1.54, 1.807) is 36.0 Å². The van der Waals surface area contributed by atoms with Gasteiger partial charge in [-0.2, -0.15) is 18.4 Å². The van der Waals surface area contributed by atoms with Gasteiger partial charge < -0.3 is 39.3 Å². The van der Waals surface area contributed by atoms with E-state index in [4.69, 9.17) is 21.7 Å². The first-order valence-electron chi connectivity index (χ1n) is 21.8.